The molecule has 1 aliphatic heterocycles. The minimum atomic E-state index is 0.283. The van der Waals surface area contributed by atoms with Gasteiger partial charge in [-0.1, -0.05) is 6.92 Å². The first-order valence-corrected chi connectivity index (χ1v) is 8.79. The lowest BCUT2D eigenvalue weighted by molar-refractivity contribution is -0.132. The molecule has 100 valence electrons. The third-order valence-electron chi connectivity index (χ3n) is 3.19. The van der Waals surface area contributed by atoms with Crippen LogP contribution in [0.1, 0.15) is 19.8 Å². The van der Waals surface area contributed by atoms with Gasteiger partial charge >= 0.3 is 0 Å². The van der Waals surface area contributed by atoms with Crippen LogP contribution < -0.4 is 5.32 Å². The van der Waals surface area contributed by atoms with Gasteiger partial charge in [0.1, 0.15) is 0 Å². The number of nitrogens with zero attached hydrogens (tertiary/aromatic N) is 1. The molecule has 1 N–H and O–H groups in total. The predicted octanol–water partition coefficient (Wildman–Crippen LogP) is 1.68. The highest BCUT2D eigenvalue weighted by Crippen LogP contribution is 2.14. The molecule has 1 saturated heterocycles. The SMILES string of the molecule is CCC(CSC)N(C)C(=O)CC1CSCCN1. The summed E-state index contributed by atoms with van der Waals surface area (Å²) in [4.78, 5) is 14.1. The number of rotatable bonds is 6. The number of amides is 1. The van der Waals surface area contributed by atoms with Gasteiger partial charge in [-0.05, 0) is 12.7 Å². The van der Waals surface area contributed by atoms with E-state index >= 15 is 0 Å². The second-order valence-corrected chi connectivity index (χ2v) is 6.51. The van der Waals surface area contributed by atoms with E-state index in [0.29, 0.717) is 18.5 Å². The summed E-state index contributed by atoms with van der Waals surface area (Å²) in [7, 11) is 1.95. The molecule has 0 bridgehead atoms. The molecule has 0 radical (unpaired) electrons. The smallest absolute Gasteiger partial charge is 0.224 e. The molecule has 2 unspecified atom stereocenters. The molecule has 1 rings (SSSR count). The molecule has 1 fully saturated rings. The van der Waals surface area contributed by atoms with Crippen LogP contribution in [0, 0.1) is 0 Å². The van der Waals surface area contributed by atoms with Gasteiger partial charge < -0.3 is 10.2 Å². The first-order chi connectivity index (χ1) is 8.19. The molecule has 0 aromatic rings. The third kappa shape index (κ3) is 5.10. The Hall–Kier alpha value is 0.130. The van der Waals surface area contributed by atoms with Crippen LogP contribution in [-0.4, -0.2) is 60.0 Å². The maximum atomic E-state index is 12.2. The average molecular weight is 276 g/mol. The van der Waals surface area contributed by atoms with Crippen LogP contribution in [-0.2, 0) is 4.79 Å². The van der Waals surface area contributed by atoms with Crippen molar-refractivity contribution in [1.82, 2.24) is 10.2 Å². The molecule has 0 spiro atoms. The van der Waals surface area contributed by atoms with Crippen molar-refractivity contribution in [3.8, 4) is 0 Å². The zero-order chi connectivity index (χ0) is 12.7. The van der Waals surface area contributed by atoms with Gasteiger partial charge in [0.15, 0.2) is 0 Å². The fourth-order valence-electron chi connectivity index (χ4n) is 2.01. The van der Waals surface area contributed by atoms with Gasteiger partial charge in [-0.15, -0.1) is 0 Å². The van der Waals surface area contributed by atoms with Gasteiger partial charge in [0.05, 0.1) is 0 Å². The molecular formula is C12H24N2OS2. The molecule has 3 nitrogen and oxygen atoms in total. The number of thioether (sulfide) groups is 2. The number of hydrogen-bond donors (Lipinski definition) is 1. The topological polar surface area (TPSA) is 32.3 Å². The van der Waals surface area contributed by atoms with Crippen LogP contribution >= 0.6 is 23.5 Å². The maximum Gasteiger partial charge on any atom is 0.224 e. The summed E-state index contributed by atoms with van der Waals surface area (Å²) in [5.41, 5.74) is 0. The van der Waals surface area contributed by atoms with Crippen molar-refractivity contribution in [2.45, 2.75) is 31.8 Å². The Labute approximate surface area is 113 Å². The van der Waals surface area contributed by atoms with Gasteiger partial charge in [-0.2, -0.15) is 23.5 Å². The average Bonchev–Trinajstić information content (AvgIpc) is 2.36. The van der Waals surface area contributed by atoms with Crippen molar-refractivity contribution >= 4 is 29.4 Å². The number of carbonyl (C=O) groups is 1. The summed E-state index contributed by atoms with van der Waals surface area (Å²) in [6, 6.07) is 0.754. The molecule has 2 atom stereocenters. The predicted molar refractivity (Wildman–Crippen MR) is 79.0 cm³/mol. The molecule has 5 heteroatoms. The van der Waals surface area contributed by atoms with E-state index in [1.807, 2.05) is 35.5 Å². The normalized spacial score (nSPS) is 22.2. The largest absolute Gasteiger partial charge is 0.342 e. The quantitative estimate of drug-likeness (QED) is 0.800. The van der Waals surface area contributed by atoms with E-state index in [0.717, 1.165) is 24.5 Å². The number of hydrogen-bond acceptors (Lipinski definition) is 4. The van der Waals surface area contributed by atoms with Crippen LogP contribution in [0.2, 0.25) is 0 Å². The van der Waals surface area contributed by atoms with Gasteiger partial charge in [-0.3, -0.25) is 4.79 Å². The third-order valence-corrected chi connectivity index (χ3v) is 5.04. The Morgan fingerprint density at radius 2 is 2.41 bits per heavy atom. The van der Waals surface area contributed by atoms with Crippen molar-refractivity contribution < 1.29 is 4.79 Å². The summed E-state index contributed by atoms with van der Waals surface area (Å²) in [5, 5.41) is 3.42. The first kappa shape index (κ1) is 15.2. The summed E-state index contributed by atoms with van der Waals surface area (Å²) in [6.45, 7) is 3.19. The van der Waals surface area contributed by atoms with Crippen molar-refractivity contribution in [3.05, 3.63) is 0 Å². The van der Waals surface area contributed by atoms with Crippen molar-refractivity contribution in [2.24, 2.45) is 0 Å². The Balaban J connectivity index is 2.38. The molecule has 17 heavy (non-hydrogen) atoms. The monoisotopic (exact) mass is 276 g/mol. The standard InChI is InChI=1S/C12H24N2OS2/c1-4-11(9-16-3)14(2)12(15)7-10-8-17-6-5-13-10/h10-11,13H,4-9H2,1-3H3. The summed E-state index contributed by atoms with van der Waals surface area (Å²) in [5.74, 6) is 3.56. The lowest BCUT2D eigenvalue weighted by atomic mass is 10.1. The number of carbonyl (C=O) groups excluding carboxylic acids is 1. The van der Waals surface area contributed by atoms with Gasteiger partial charge in [0.25, 0.3) is 0 Å². The summed E-state index contributed by atoms with van der Waals surface area (Å²) >= 11 is 3.76. The van der Waals surface area contributed by atoms with Crippen LogP contribution in [0.4, 0.5) is 0 Å². The van der Waals surface area contributed by atoms with E-state index in [2.05, 4.69) is 18.5 Å². The lowest BCUT2D eigenvalue weighted by Gasteiger charge is -2.30. The van der Waals surface area contributed by atoms with E-state index in [4.69, 9.17) is 0 Å². The van der Waals surface area contributed by atoms with Gasteiger partial charge in [0.2, 0.25) is 5.91 Å². The fourth-order valence-corrected chi connectivity index (χ4v) is 3.80. The minimum Gasteiger partial charge on any atom is -0.342 e. The van der Waals surface area contributed by atoms with E-state index in [-0.39, 0.29) is 5.91 Å². The summed E-state index contributed by atoms with van der Waals surface area (Å²) in [6.07, 6.45) is 3.78. The Bertz CT molecular complexity index is 233. The maximum absolute atomic E-state index is 12.2. The zero-order valence-electron chi connectivity index (χ0n) is 11.1. The summed E-state index contributed by atoms with van der Waals surface area (Å²) < 4.78 is 0. The Kier molecular flexibility index (Phi) is 7.39. The van der Waals surface area contributed by atoms with E-state index in [1.54, 1.807) is 0 Å². The van der Waals surface area contributed by atoms with E-state index in [9.17, 15) is 4.79 Å². The molecule has 1 aliphatic rings. The van der Waals surface area contributed by atoms with Crippen LogP contribution in [0.5, 0.6) is 0 Å². The minimum absolute atomic E-state index is 0.283. The highest BCUT2D eigenvalue weighted by Gasteiger charge is 2.22. The van der Waals surface area contributed by atoms with E-state index in [1.165, 1.54) is 5.75 Å². The van der Waals surface area contributed by atoms with E-state index < -0.39 is 0 Å². The van der Waals surface area contributed by atoms with Crippen LogP contribution in [0.15, 0.2) is 0 Å². The van der Waals surface area contributed by atoms with Crippen LogP contribution in [0.3, 0.4) is 0 Å². The molecule has 1 amide bonds. The van der Waals surface area contributed by atoms with Gasteiger partial charge in [0, 0.05) is 49.4 Å². The second-order valence-electron chi connectivity index (χ2n) is 4.45. The second kappa shape index (κ2) is 8.27. The molecule has 0 saturated carbocycles. The van der Waals surface area contributed by atoms with Crippen molar-refractivity contribution in [1.29, 1.82) is 0 Å². The lowest BCUT2D eigenvalue weighted by Crippen LogP contribution is -2.44. The molecular weight excluding hydrogens is 252 g/mol. The van der Waals surface area contributed by atoms with Gasteiger partial charge in [-0.25, -0.2) is 0 Å². The highest BCUT2D eigenvalue weighted by molar-refractivity contribution is 7.99. The first-order valence-electron chi connectivity index (χ1n) is 6.24. The molecule has 0 aromatic heterocycles. The fraction of sp³-hybridized carbons (Fsp3) is 0.917. The van der Waals surface area contributed by atoms with Crippen molar-refractivity contribution in [3.63, 3.8) is 0 Å². The molecule has 0 aromatic carbocycles. The molecule has 1 heterocycles. The van der Waals surface area contributed by atoms with Crippen LogP contribution in [0.25, 0.3) is 0 Å². The zero-order valence-corrected chi connectivity index (χ0v) is 12.7. The highest BCUT2D eigenvalue weighted by atomic mass is 32.2. The Morgan fingerprint density at radius 1 is 1.65 bits per heavy atom. The Morgan fingerprint density at radius 3 is 2.94 bits per heavy atom. The molecule has 0 aliphatic carbocycles. The van der Waals surface area contributed by atoms with Crippen molar-refractivity contribution in [2.75, 3.05) is 37.1 Å². The number of nitrogens with one attached hydrogen (secondary N) is 1.